The van der Waals surface area contributed by atoms with Crippen molar-refractivity contribution in [2.75, 3.05) is 26.7 Å². The molecule has 30 heavy (non-hydrogen) atoms. The molecule has 0 aliphatic heterocycles. The number of amides is 1. The number of rotatable bonds is 9. The molecular formula is C23H29FN4O2. The van der Waals surface area contributed by atoms with Crippen molar-refractivity contribution < 1.29 is 13.9 Å². The van der Waals surface area contributed by atoms with Gasteiger partial charge in [-0.1, -0.05) is 24.3 Å². The Hall–Kier alpha value is -3.09. The highest BCUT2D eigenvalue weighted by Gasteiger charge is 2.44. The summed E-state index contributed by atoms with van der Waals surface area (Å²) in [7, 11) is 1.62. The van der Waals surface area contributed by atoms with Crippen LogP contribution in [0.5, 0.6) is 5.75 Å². The normalized spacial score (nSPS) is 14.7. The number of nitrogens with zero attached hydrogens (tertiary/aromatic N) is 1. The lowest BCUT2D eigenvalue weighted by molar-refractivity contribution is -0.119. The Kier molecular flexibility index (Phi) is 7.27. The summed E-state index contributed by atoms with van der Waals surface area (Å²) in [6, 6.07) is 14.3. The minimum Gasteiger partial charge on any atom is -0.497 e. The van der Waals surface area contributed by atoms with Gasteiger partial charge in [0.1, 0.15) is 18.1 Å². The number of hydrogen-bond donors (Lipinski definition) is 3. The maximum atomic E-state index is 13.6. The Labute approximate surface area is 176 Å². The fourth-order valence-corrected chi connectivity index (χ4v) is 3.28. The van der Waals surface area contributed by atoms with Gasteiger partial charge in [0.05, 0.1) is 7.11 Å². The van der Waals surface area contributed by atoms with E-state index in [0.717, 1.165) is 29.7 Å². The summed E-state index contributed by atoms with van der Waals surface area (Å²) in [4.78, 5) is 16.6. The highest BCUT2D eigenvalue weighted by atomic mass is 19.1. The van der Waals surface area contributed by atoms with Crippen LogP contribution in [0.2, 0.25) is 0 Å². The van der Waals surface area contributed by atoms with Gasteiger partial charge in [-0.2, -0.15) is 0 Å². The number of ether oxygens (including phenoxy) is 1. The largest absolute Gasteiger partial charge is 0.497 e. The zero-order valence-electron chi connectivity index (χ0n) is 17.5. The summed E-state index contributed by atoms with van der Waals surface area (Å²) in [6.07, 6.45) is 2.01. The van der Waals surface area contributed by atoms with Crippen LogP contribution in [0.3, 0.4) is 0 Å². The fourth-order valence-electron chi connectivity index (χ4n) is 3.28. The summed E-state index contributed by atoms with van der Waals surface area (Å²) in [5, 5.41) is 9.33. The van der Waals surface area contributed by atoms with Crippen LogP contribution in [0.15, 0.2) is 53.5 Å². The zero-order chi connectivity index (χ0) is 21.4. The Morgan fingerprint density at radius 1 is 1.13 bits per heavy atom. The predicted octanol–water partition coefficient (Wildman–Crippen LogP) is 2.74. The topological polar surface area (TPSA) is 74.8 Å². The Bertz CT molecular complexity index is 879. The van der Waals surface area contributed by atoms with Gasteiger partial charge in [-0.25, -0.2) is 9.38 Å². The van der Waals surface area contributed by atoms with E-state index in [9.17, 15) is 9.18 Å². The maximum Gasteiger partial charge on any atom is 0.242 e. The van der Waals surface area contributed by atoms with Crippen LogP contribution in [-0.2, 0) is 16.8 Å². The van der Waals surface area contributed by atoms with Crippen LogP contribution in [-0.4, -0.2) is 38.6 Å². The first-order chi connectivity index (χ1) is 14.5. The molecule has 3 rings (SSSR count). The van der Waals surface area contributed by atoms with Gasteiger partial charge in [0.25, 0.3) is 0 Å². The Balaban J connectivity index is 1.50. The van der Waals surface area contributed by atoms with E-state index in [-0.39, 0.29) is 23.7 Å². The Morgan fingerprint density at radius 2 is 1.90 bits per heavy atom. The second kappa shape index (κ2) is 10.1. The van der Waals surface area contributed by atoms with Gasteiger partial charge in [-0.05, 0) is 55.2 Å². The number of guanidine groups is 1. The second-order valence-electron chi connectivity index (χ2n) is 7.46. The minimum absolute atomic E-state index is 0.0262. The Morgan fingerprint density at radius 3 is 2.53 bits per heavy atom. The van der Waals surface area contributed by atoms with Gasteiger partial charge in [-0.15, -0.1) is 0 Å². The quantitative estimate of drug-likeness (QED) is 0.437. The average Bonchev–Trinajstić information content (AvgIpc) is 3.56. The molecule has 1 aliphatic rings. The van der Waals surface area contributed by atoms with E-state index in [4.69, 9.17) is 4.74 Å². The standard InChI is InChI=1S/C23H29FN4O2/c1-3-25-22(28-16-23(11-12-23)18-5-4-6-19(24)13-18)27-15-21(29)26-14-17-7-9-20(30-2)10-8-17/h4-10,13H,3,11-12,14-16H2,1-2H3,(H,26,29)(H2,25,27,28). The van der Waals surface area contributed by atoms with Crippen molar-refractivity contribution in [1.82, 2.24) is 16.0 Å². The number of methoxy groups -OCH3 is 1. The van der Waals surface area contributed by atoms with Crippen LogP contribution in [0.1, 0.15) is 30.9 Å². The summed E-state index contributed by atoms with van der Waals surface area (Å²) < 4.78 is 18.7. The van der Waals surface area contributed by atoms with Crippen LogP contribution in [0.25, 0.3) is 0 Å². The molecule has 160 valence electrons. The number of nitrogens with one attached hydrogen (secondary N) is 3. The predicted molar refractivity (Wildman–Crippen MR) is 116 cm³/mol. The van der Waals surface area contributed by atoms with Gasteiger partial charge in [0, 0.05) is 25.0 Å². The number of carbonyl (C=O) groups excluding carboxylic acids is 1. The van der Waals surface area contributed by atoms with E-state index >= 15 is 0 Å². The lowest BCUT2D eigenvalue weighted by Crippen LogP contribution is -2.42. The van der Waals surface area contributed by atoms with Crippen LogP contribution >= 0.6 is 0 Å². The third-order valence-corrected chi connectivity index (χ3v) is 5.26. The molecule has 0 atom stereocenters. The van der Waals surface area contributed by atoms with E-state index < -0.39 is 0 Å². The molecule has 1 fully saturated rings. The third-order valence-electron chi connectivity index (χ3n) is 5.26. The monoisotopic (exact) mass is 412 g/mol. The van der Waals surface area contributed by atoms with Crippen molar-refractivity contribution >= 4 is 11.9 Å². The molecule has 2 aromatic carbocycles. The summed E-state index contributed by atoms with van der Waals surface area (Å²) in [5.41, 5.74) is 1.93. The number of carbonyl (C=O) groups is 1. The average molecular weight is 413 g/mol. The van der Waals surface area contributed by atoms with Crippen LogP contribution < -0.4 is 20.7 Å². The number of halogens is 1. The molecule has 0 aromatic heterocycles. The third kappa shape index (κ3) is 5.95. The highest BCUT2D eigenvalue weighted by molar-refractivity contribution is 5.85. The van der Waals surface area contributed by atoms with E-state index in [1.165, 1.54) is 6.07 Å². The first-order valence-corrected chi connectivity index (χ1v) is 10.2. The van der Waals surface area contributed by atoms with Crippen molar-refractivity contribution in [3.8, 4) is 5.75 Å². The van der Waals surface area contributed by atoms with Gasteiger partial charge >= 0.3 is 0 Å². The molecule has 0 spiro atoms. The van der Waals surface area contributed by atoms with Crippen molar-refractivity contribution in [2.24, 2.45) is 4.99 Å². The van der Waals surface area contributed by atoms with Crippen molar-refractivity contribution in [3.05, 3.63) is 65.5 Å². The molecule has 0 unspecified atom stereocenters. The zero-order valence-corrected chi connectivity index (χ0v) is 17.5. The SMILES string of the molecule is CCNC(=NCC(=O)NCc1ccc(OC)cc1)NCC1(c2cccc(F)c2)CC1. The lowest BCUT2D eigenvalue weighted by atomic mass is 9.96. The van der Waals surface area contributed by atoms with E-state index in [2.05, 4.69) is 20.9 Å². The molecule has 3 N–H and O–H groups in total. The molecule has 0 heterocycles. The van der Waals surface area contributed by atoms with Gasteiger partial charge < -0.3 is 20.7 Å². The number of hydrogen-bond acceptors (Lipinski definition) is 3. The maximum absolute atomic E-state index is 13.6. The molecule has 7 heteroatoms. The molecule has 1 amide bonds. The van der Waals surface area contributed by atoms with E-state index in [1.807, 2.05) is 37.3 Å². The molecule has 0 bridgehead atoms. The second-order valence-corrected chi connectivity index (χ2v) is 7.46. The number of aliphatic imine (C=N–C) groups is 1. The fraction of sp³-hybridized carbons (Fsp3) is 0.391. The highest BCUT2D eigenvalue weighted by Crippen LogP contribution is 2.47. The van der Waals surface area contributed by atoms with Crippen LogP contribution in [0, 0.1) is 5.82 Å². The first-order valence-electron chi connectivity index (χ1n) is 10.2. The minimum atomic E-state index is -0.215. The van der Waals surface area contributed by atoms with E-state index in [1.54, 1.807) is 19.2 Å². The molecule has 0 saturated heterocycles. The molecule has 0 radical (unpaired) electrons. The van der Waals surface area contributed by atoms with Gasteiger partial charge in [0.2, 0.25) is 5.91 Å². The molecule has 6 nitrogen and oxygen atoms in total. The number of benzene rings is 2. The summed E-state index contributed by atoms with van der Waals surface area (Å²) in [6.45, 7) is 3.77. The van der Waals surface area contributed by atoms with E-state index in [0.29, 0.717) is 25.6 Å². The molecular weight excluding hydrogens is 383 g/mol. The van der Waals surface area contributed by atoms with Crippen molar-refractivity contribution in [1.29, 1.82) is 0 Å². The molecule has 1 saturated carbocycles. The smallest absolute Gasteiger partial charge is 0.242 e. The molecule has 1 aliphatic carbocycles. The summed E-state index contributed by atoms with van der Waals surface area (Å²) in [5.74, 6) is 0.990. The van der Waals surface area contributed by atoms with Crippen LogP contribution in [0.4, 0.5) is 4.39 Å². The first kappa shape index (κ1) is 21.6. The van der Waals surface area contributed by atoms with Gasteiger partial charge in [0.15, 0.2) is 5.96 Å². The summed E-state index contributed by atoms with van der Waals surface area (Å²) >= 11 is 0. The molecule has 2 aromatic rings. The van der Waals surface area contributed by atoms with Crippen molar-refractivity contribution in [2.45, 2.75) is 31.7 Å². The van der Waals surface area contributed by atoms with Crippen molar-refractivity contribution in [3.63, 3.8) is 0 Å². The van der Waals surface area contributed by atoms with Gasteiger partial charge in [-0.3, -0.25) is 4.79 Å². The lowest BCUT2D eigenvalue weighted by Gasteiger charge is -2.19.